The zero-order valence-electron chi connectivity index (χ0n) is 14.5. The molecule has 1 aliphatic rings. The molecule has 2 nitrogen and oxygen atoms in total. The van der Waals surface area contributed by atoms with Crippen molar-refractivity contribution in [1.29, 1.82) is 0 Å². The molecule has 1 aliphatic carbocycles. The summed E-state index contributed by atoms with van der Waals surface area (Å²) >= 11 is 1.85. The van der Waals surface area contributed by atoms with Crippen LogP contribution in [0.1, 0.15) is 49.4 Å². The van der Waals surface area contributed by atoms with Crippen LogP contribution in [0.3, 0.4) is 0 Å². The molecule has 1 heterocycles. The van der Waals surface area contributed by atoms with Crippen LogP contribution in [0, 0.1) is 12.8 Å². The highest BCUT2D eigenvalue weighted by atomic mass is 32.2. The number of aromatic amines is 1. The van der Waals surface area contributed by atoms with Gasteiger partial charge in [0.25, 0.3) is 5.56 Å². The molecule has 0 amide bonds. The highest BCUT2D eigenvalue weighted by Crippen LogP contribution is 2.32. The Kier molecular flexibility index (Phi) is 5.62. The summed E-state index contributed by atoms with van der Waals surface area (Å²) in [5, 5.41) is 0. The number of aromatic nitrogens is 1. The molecule has 1 aromatic heterocycles. The predicted molar refractivity (Wildman–Crippen MR) is 104 cm³/mol. The first-order valence-electron chi connectivity index (χ1n) is 8.82. The van der Waals surface area contributed by atoms with Gasteiger partial charge in [-0.2, -0.15) is 0 Å². The van der Waals surface area contributed by atoms with Crippen molar-refractivity contribution in [3.63, 3.8) is 0 Å². The molecule has 0 saturated heterocycles. The third kappa shape index (κ3) is 4.02. The minimum Gasteiger partial charge on any atom is -0.322 e. The number of hydrogen-bond acceptors (Lipinski definition) is 2. The van der Waals surface area contributed by atoms with E-state index in [0.717, 1.165) is 22.6 Å². The molecule has 1 N–H and O–H groups in total. The van der Waals surface area contributed by atoms with E-state index in [1.807, 2.05) is 30.8 Å². The van der Waals surface area contributed by atoms with Gasteiger partial charge < -0.3 is 4.98 Å². The van der Waals surface area contributed by atoms with Gasteiger partial charge in [0.1, 0.15) is 0 Å². The van der Waals surface area contributed by atoms with E-state index in [9.17, 15) is 4.79 Å². The normalized spacial score (nSPS) is 15.8. The molecule has 0 aliphatic heterocycles. The molecule has 24 heavy (non-hydrogen) atoms. The van der Waals surface area contributed by atoms with Gasteiger partial charge in [-0.1, -0.05) is 44.0 Å². The Balaban J connectivity index is 2.00. The number of allylic oxidation sites excluding steroid dienone is 1. The van der Waals surface area contributed by atoms with Crippen LogP contribution in [-0.4, -0.2) is 10.7 Å². The maximum Gasteiger partial charge on any atom is 0.251 e. The van der Waals surface area contributed by atoms with Gasteiger partial charge in [-0.25, -0.2) is 0 Å². The Morgan fingerprint density at radius 3 is 2.50 bits per heavy atom. The Morgan fingerprint density at radius 2 is 1.88 bits per heavy atom. The Bertz CT molecular complexity index is 767. The molecule has 0 atom stereocenters. The number of benzene rings is 1. The lowest BCUT2D eigenvalue weighted by Crippen LogP contribution is -2.11. The van der Waals surface area contributed by atoms with E-state index in [-0.39, 0.29) is 5.56 Å². The summed E-state index contributed by atoms with van der Waals surface area (Å²) in [7, 11) is 0. The van der Waals surface area contributed by atoms with Gasteiger partial charge in [-0.15, -0.1) is 11.8 Å². The molecule has 0 unspecified atom stereocenters. The number of H-pyrrole nitrogens is 1. The second kappa shape index (κ2) is 7.89. The van der Waals surface area contributed by atoms with Gasteiger partial charge in [0.2, 0.25) is 0 Å². The summed E-state index contributed by atoms with van der Waals surface area (Å²) in [5.74, 6) is 1.70. The first kappa shape index (κ1) is 17.1. The van der Waals surface area contributed by atoms with E-state index in [4.69, 9.17) is 0 Å². The van der Waals surface area contributed by atoms with Crippen molar-refractivity contribution in [2.45, 2.75) is 44.4 Å². The lowest BCUT2D eigenvalue weighted by atomic mass is 9.96. The van der Waals surface area contributed by atoms with Crippen LogP contribution in [0.4, 0.5) is 0 Å². The lowest BCUT2D eigenvalue weighted by Gasteiger charge is -2.12. The number of nitrogens with one attached hydrogen (secondary N) is 1. The first-order chi connectivity index (χ1) is 11.7. The maximum absolute atomic E-state index is 12.1. The van der Waals surface area contributed by atoms with Gasteiger partial charge in [-0.05, 0) is 55.2 Å². The smallest absolute Gasteiger partial charge is 0.251 e. The monoisotopic (exact) mass is 339 g/mol. The molecule has 0 spiro atoms. The lowest BCUT2D eigenvalue weighted by molar-refractivity contribution is 0.687. The fourth-order valence-corrected chi connectivity index (χ4v) is 3.96. The van der Waals surface area contributed by atoms with Crippen LogP contribution in [0.2, 0.25) is 0 Å². The van der Waals surface area contributed by atoms with Gasteiger partial charge in [0.05, 0.1) is 0 Å². The van der Waals surface area contributed by atoms with E-state index < -0.39 is 0 Å². The van der Waals surface area contributed by atoms with Crippen molar-refractivity contribution in [3.05, 3.63) is 69.6 Å². The van der Waals surface area contributed by atoms with Gasteiger partial charge in [-0.3, -0.25) is 4.79 Å². The van der Waals surface area contributed by atoms with E-state index in [2.05, 4.69) is 42.2 Å². The average molecular weight is 340 g/mol. The fraction of sp³-hybridized carbons (Fsp3) is 0.381. The summed E-state index contributed by atoms with van der Waals surface area (Å²) in [6, 6.07) is 12.7. The summed E-state index contributed by atoms with van der Waals surface area (Å²) in [4.78, 5) is 16.4. The van der Waals surface area contributed by atoms with Crippen molar-refractivity contribution < 1.29 is 0 Å². The minimum atomic E-state index is 0.00276. The van der Waals surface area contributed by atoms with Crippen LogP contribution in [0.5, 0.6) is 0 Å². The van der Waals surface area contributed by atoms with Gasteiger partial charge >= 0.3 is 0 Å². The number of aryl methyl sites for hydroxylation is 1. The molecule has 2 aromatic rings. The molecule has 126 valence electrons. The van der Waals surface area contributed by atoms with Crippen LogP contribution in [-0.2, 0) is 0 Å². The largest absolute Gasteiger partial charge is 0.322 e. The third-order valence-electron chi connectivity index (χ3n) is 4.68. The summed E-state index contributed by atoms with van der Waals surface area (Å²) in [6.07, 6.45) is 7.50. The summed E-state index contributed by atoms with van der Waals surface area (Å²) < 4.78 is 0. The van der Waals surface area contributed by atoms with Crippen LogP contribution in [0.25, 0.3) is 5.57 Å². The molecule has 0 radical (unpaired) electrons. The molecule has 0 bridgehead atoms. The molecule has 1 saturated carbocycles. The standard InChI is InChI=1S/C21H25NOS/c1-3-24-18-11-9-17(10-12-18)19(14-16-6-4-5-7-16)20-13-8-15(2)21(23)22-20/h8-14,16H,3-7H2,1-2H3,(H,22,23)/b19-14+. The second-order valence-corrected chi connectivity index (χ2v) is 7.80. The molecular formula is C21H25NOS. The summed E-state index contributed by atoms with van der Waals surface area (Å²) in [6.45, 7) is 4.01. The quantitative estimate of drug-likeness (QED) is 0.738. The Hall–Kier alpha value is -1.74. The topological polar surface area (TPSA) is 32.9 Å². The average Bonchev–Trinajstić information content (AvgIpc) is 3.10. The highest BCUT2D eigenvalue weighted by molar-refractivity contribution is 7.99. The van der Waals surface area contributed by atoms with Crippen molar-refractivity contribution in [2.75, 3.05) is 5.75 Å². The molecule has 1 fully saturated rings. The van der Waals surface area contributed by atoms with Gasteiger partial charge in [0.15, 0.2) is 0 Å². The van der Waals surface area contributed by atoms with Crippen molar-refractivity contribution >= 4 is 17.3 Å². The zero-order chi connectivity index (χ0) is 16.9. The Labute approximate surface area is 148 Å². The predicted octanol–water partition coefficient (Wildman–Crippen LogP) is 5.42. The molecular weight excluding hydrogens is 314 g/mol. The fourth-order valence-electron chi connectivity index (χ4n) is 3.30. The van der Waals surface area contributed by atoms with Crippen LogP contribution >= 0.6 is 11.8 Å². The van der Waals surface area contributed by atoms with E-state index in [0.29, 0.717) is 5.92 Å². The molecule has 1 aromatic carbocycles. The third-order valence-corrected chi connectivity index (χ3v) is 5.57. The van der Waals surface area contributed by atoms with Crippen molar-refractivity contribution in [3.8, 4) is 0 Å². The Morgan fingerprint density at radius 1 is 1.17 bits per heavy atom. The summed E-state index contributed by atoms with van der Waals surface area (Å²) in [5.41, 5.74) is 4.03. The highest BCUT2D eigenvalue weighted by Gasteiger charge is 2.16. The molecule has 3 heteroatoms. The van der Waals surface area contributed by atoms with Crippen LogP contribution in [0.15, 0.2) is 52.2 Å². The first-order valence-corrected chi connectivity index (χ1v) is 9.81. The van der Waals surface area contributed by atoms with E-state index >= 15 is 0 Å². The number of rotatable bonds is 5. The van der Waals surface area contributed by atoms with Crippen molar-refractivity contribution in [2.24, 2.45) is 5.92 Å². The SMILES string of the molecule is CCSc1ccc(/C(=C\C2CCCC2)c2ccc(C)c(=O)[nH]2)cc1. The number of hydrogen-bond donors (Lipinski definition) is 1. The van der Waals surface area contributed by atoms with Crippen molar-refractivity contribution in [1.82, 2.24) is 4.98 Å². The maximum atomic E-state index is 12.1. The zero-order valence-corrected chi connectivity index (χ0v) is 15.3. The minimum absolute atomic E-state index is 0.00276. The van der Waals surface area contributed by atoms with Gasteiger partial charge in [0, 0.05) is 21.7 Å². The van der Waals surface area contributed by atoms with E-state index in [1.54, 1.807) is 0 Å². The van der Waals surface area contributed by atoms with Crippen LogP contribution < -0.4 is 5.56 Å². The number of thioether (sulfide) groups is 1. The second-order valence-electron chi connectivity index (χ2n) is 6.47. The molecule has 3 rings (SSSR count). The number of pyridine rings is 1. The van der Waals surface area contributed by atoms with E-state index in [1.165, 1.54) is 36.1 Å².